The lowest BCUT2D eigenvalue weighted by Crippen LogP contribution is -2.37. The molecule has 0 unspecified atom stereocenters. The number of ether oxygens (including phenoxy) is 1. The van der Waals surface area contributed by atoms with Crippen LogP contribution < -0.4 is 0 Å². The van der Waals surface area contributed by atoms with Gasteiger partial charge in [0.25, 0.3) is 0 Å². The highest BCUT2D eigenvalue weighted by molar-refractivity contribution is 5.88. The molecule has 1 saturated heterocycles. The SMILES string of the molecule is Cc1ccc(C(=O)O)cc1[C@H]1C[C@H](O)CN1C(=O)OC(C)(C)C. The molecule has 126 valence electrons. The molecule has 1 fully saturated rings. The van der Waals surface area contributed by atoms with Gasteiger partial charge in [0.2, 0.25) is 0 Å². The Balaban J connectivity index is 2.34. The fourth-order valence-corrected chi connectivity index (χ4v) is 2.76. The molecule has 0 bridgehead atoms. The second-order valence-corrected chi connectivity index (χ2v) is 6.91. The van der Waals surface area contributed by atoms with Gasteiger partial charge in [-0.2, -0.15) is 0 Å². The quantitative estimate of drug-likeness (QED) is 0.874. The first-order valence-corrected chi connectivity index (χ1v) is 7.60. The van der Waals surface area contributed by atoms with Gasteiger partial charge in [-0.15, -0.1) is 0 Å². The van der Waals surface area contributed by atoms with Gasteiger partial charge in [0.15, 0.2) is 0 Å². The van der Waals surface area contributed by atoms with Crippen molar-refractivity contribution in [2.75, 3.05) is 6.54 Å². The van der Waals surface area contributed by atoms with Crippen molar-refractivity contribution in [3.63, 3.8) is 0 Å². The van der Waals surface area contributed by atoms with E-state index in [2.05, 4.69) is 0 Å². The van der Waals surface area contributed by atoms with E-state index in [1.54, 1.807) is 32.9 Å². The summed E-state index contributed by atoms with van der Waals surface area (Å²) < 4.78 is 5.40. The normalized spacial score (nSPS) is 21.3. The molecule has 0 aromatic heterocycles. The topological polar surface area (TPSA) is 87.1 Å². The van der Waals surface area contributed by atoms with Gasteiger partial charge in [0.1, 0.15) is 5.60 Å². The molecule has 0 aliphatic carbocycles. The first kappa shape index (κ1) is 17.3. The molecule has 1 aromatic carbocycles. The number of benzene rings is 1. The van der Waals surface area contributed by atoms with E-state index in [0.29, 0.717) is 6.42 Å². The fraction of sp³-hybridized carbons (Fsp3) is 0.529. The number of aryl methyl sites for hydroxylation is 1. The highest BCUT2D eigenvalue weighted by Crippen LogP contribution is 2.35. The van der Waals surface area contributed by atoms with Gasteiger partial charge in [0.05, 0.1) is 24.3 Å². The predicted molar refractivity (Wildman–Crippen MR) is 84.4 cm³/mol. The average molecular weight is 321 g/mol. The Hall–Kier alpha value is -2.08. The lowest BCUT2D eigenvalue weighted by Gasteiger charge is -2.29. The Morgan fingerprint density at radius 3 is 2.52 bits per heavy atom. The minimum absolute atomic E-state index is 0.163. The van der Waals surface area contributed by atoms with Gasteiger partial charge in [-0.05, 0) is 57.4 Å². The smallest absolute Gasteiger partial charge is 0.410 e. The van der Waals surface area contributed by atoms with Crippen molar-refractivity contribution in [1.82, 2.24) is 4.90 Å². The van der Waals surface area contributed by atoms with Crippen molar-refractivity contribution in [2.24, 2.45) is 0 Å². The van der Waals surface area contributed by atoms with Crippen molar-refractivity contribution in [2.45, 2.75) is 51.9 Å². The second kappa shape index (κ2) is 6.20. The largest absolute Gasteiger partial charge is 0.478 e. The maximum Gasteiger partial charge on any atom is 0.410 e. The maximum atomic E-state index is 12.4. The molecule has 0 radical (unpaired) electrons. The third-order valence-corrected chi connectivity index (χ3v) is 3.79. The van der Waals surface area contributed by atoms with E-state index in [9.17, 15) is 14.7 Å². The number of carbonyl (C=O) groups excluding carboxylic acids is 1. The Bertz CT molecular complexity index is 620. The molecule has 1 amide bonds. The number of carboxylic acids is 1. The van der Waals surface area contributed by atoms with Crippen molar-refractivity contribution < 1.29 is 24.5 Å². The van der Waals surface area contributed by atoms with Crippen molar-refractivity contribution in [1.29, 1.82) is 0 Å². The molecule has 2 rings (SSSR count). The van der Waals surface area contributed by atoms with Gasteiger partial charge in [-0.25, -0.2) is 9.59 Å². The van der Waals surface area contributed by atoms with Crippen LogP contribution in [-0.2, 0) is 4.74 Å². The summed E-state index contributed by atoms with van der Waals surface area (Å²) in [7, 11) is 0. The number of hydrogen-bond donors (Lipinski definition) is 2. The summed E-state index contributed by atoms with van der Waals surface area (Å²) in [4.78, 5) is 25.1. The lowest BCUT2D eigenvalue weighted by atomic mass is 9.96. The Morgan fingerprint density at radius 2 is 1.96 bits per heavy atom. The van der Waals surface area contributed by atoms with Crippen LogP contribution in [0.4, 0.5) is 4.79 Å². The number of aliphatic hydroxyl groups excluding tert-OH is 1. The third-order valence-electron chi connectivity index (χ3n) is 3.79. The molecule has 0 spiro atoms. The van der Waals surface area contributed by atoms with Crippen LogP contribution >= 0.6 is 0 Å². The Morgan fingerprint density at radius 1 is 1.30 bits per heavy atom. The molecule has 2 N–H and O–H groups in total. The first-order valence-electron chi connectivity index (χ1n) is 7.60. The number of likely N-dealkylation sites (tertiary alicyclic amines) is 1. The molecule has 1 aliphatic heterocycles. The number of aromatic carboxylic acids is 1. The first-order chi connectivity index (χ1) is 10.6. The highest BCUT2D eigenvalue weighted by Gasteiger charge is 2.38. The number of aliphatic hydroxyl groups is 1. The minimum Gasteiger partial charge on any atom is -0.478 e. The average Bonchev–Trinajstić information content (AvgIpc) is 2.79. The molecule has 1 aliphatic rings. The summed E-state index contributed by atoms with van der Waals surface area (Å²) >= 11 is 0. The second-order valence-electron chi connectivity index (χ2n) is 6.91. The summed E-state index contributed by atoms with van der Waals surface area (Å²) in [5, 5.41) is 19.2. The van der Waals surface area contributed by atoms with Gasteiger partial charge < -0.3 is 14.9 Å². The van der Waals surface area contributed by atoms with Crippen LogP contribution in [0.3, 0.4) is 0 Å². The van der Waals surface area contributed by atoms with Gasteiger partial charge in [0, 0.05) is 0 Å². The van der Waals surface area contributed by atoms with Crippen LogP contribution in [0, 0.1) is 6.92 Å². The zero-order chi connectivity index (χ0) is 17.4. The highest BCUT2D eigenvalue weighted by atomic mass is 16.6. The van der Waals surface area contributed by atoms with Crippen molar-refractivity contribution in [3.05, 3.63) is 34.9 Å². The van der Waals surface area contributed by atoms with Gasteiger partial charge in [-0.3, -0.25) is 4.90 Å². The number of carboxylic acid groups (broad SMARTS) is 1. The van der Waals surface area contributed by atoms with E-state index in [0.717, 1.165) is 11.1 Å². The van der Waals surface area contributed by atoms with Gasteiger partial charge >= 0.3 is 12.1 Å². The predicted octanol–water partition coefficient (Wildman–Crippen LogP) is 2.74. The summed E-state index contributed by atoms with van der Waals surface area (Å²) in [5.41, 5.74) is 1.14. The molecule has 6 nitrogen and oxygen atoms in total. The van der Waals surface area contributed by atoms with E-state index in [-0.39, 0.29) is 18.2 Å². The standard InChI is InChI=1S/C17H23NO5/c1-10-5-6-11(15(20)21)7-13(10)14-8-12(19)9-18(14)16(22)23-17(2,3)4/h5-7,12,14,19H,8-9H2,1-4H3,(H,20,21)/t12-,14+/m0/s1. The molecule has 2 atom stereocenters. The molecule has 6 heteroatoms. The van der Waals surface area contributed by atoms with E-state index in [4.69, 9.17) is 9.84 Å². The van der Waals surface area contributed by atoms with Crippen LogP contribution in [-0.4, -0.2) is 45.4 Å². The van der Waals surface area contributed by atoms with Crippen molar-refractivity contribution >= 4 is 12.1 Å². The van der Waals surface area contributed by atoms with Crippen LogP contribution in [0.15, 0.2) is 18.2 Å². The lowest BCUT2D eigenvalue weighted by molar-refractivity contribution is 0.0206. The number of rotatable bonds is 2. The molecular formula is C17H23NO5. The molecule has 23 heavy (non-hydrogen) atoms. The minimum atomic E-state index is -1.02. The fourth-order valence-electron chi connectivity index (χ4n) is 2.76. The van der Waals surface area contributed by atoms with Crippen LogP contribution in [0.1, 0.15) is 54.7 Å². The maximum absolute atomic E-state index is 12.4. The van der Waals surface area contributed by atoms with Crippen molar-refractivity contribution in [3.8, 4) is 0 Å². The summed E-state index contributed by atoms with van der Waals surface area (Å²) in [6.07, 6.45) is -0.789. The Kier molecular flexibility index (Phi) is 4.66. The molecule has 1 heterocycles. The molecular weight excluding hydrogens is 298 g/mol. The monoisotopic (exact) mass is 321 g/mol. The van der Waals surface area contributed by atoms with Crippen LogP contribution in [0.5, 0.6) is 0 Å². The summed E-state index contributed by atoms with van der Waals surface area (Å²) in [6.45, 7) is 7.38. The summed E-state index contributed by atoms with van der Waals surface area (Å²) in [5.74, 6) is -1.02. The number of β-amino-alcohol motifs (C(OH)–C–C–N with tert-alkyl or cyclic N) is 1. The zero-order valence-corrected chi connectivity index (χ0v) is 13.9. The zero-order valence-electron chi connectivity index (χ0n) is 13.9. The van der Waals surface area contributed by atoms with E-state index in [1.165, 1.54) is 11.0 Å². The van der Waals surface area contributed by atoms with E-state index in [1.807, 2.05) is 6.92 Å². The molecule has 1 aromatic rings. The number of carbonyl (C=O) groups is 2. The van der Waals surface area contributed by atoms with E-state index < -0.39 is 23.8 Å². The molecule has 0 saturated carbocycles. The number of nitrogens with zero attached hydrogens (tertiary/aromatic N) is 1. The van der Waals surface area contributed by atoms with Gasteiger partial charge in [-0.1, -0.05) is 6.07 Å². The Labute approximate surface area is 135 Å². The van der Waals surface area contributed by atoms with Crippen LogP contribution in [0.2, 0.25) is 0 Å². The third kappa shape index (κ3) is 4.01. The summed E-state index contributed by atoms with van der Waals surface area (Å²) in [6, 6.07) is 4.43. The number of amides is 1. The number of hydrogen-bond acceptors (Lipinski definition) is 4. The van der Waals surface area contributed by atoms with E-state index >= 15 is 0 Å². The van der Waals surface area contributed by atoms with Crippen LogP contribution in [0.25, 0.3) is 0 Å².